The SMILES string of the molecule is Cc1ccc2cc(C(=O)[C@H](C#N)C(=O)c3nccn3C)c(C)nc2c1. The van der Waals surface area contributed by atoms with Crippen LogP contribution in [0.3, 0.4) is 0 Å². The van der Waals surface area contributed by atoms with Crippen LogP contribution in [-0.4, -0.2) is 26.1 Å². The normalized spacial score (nSPS) is 11.9. The third kappa shape index (κ3) is 2.92. The highest BCUT2D eigenvalue weighted by atomic mass is 16.2. The zero-order valence-corrected chi connectivity index (χ0v) is 14.1. The van der Waals surface area contributed by atoms with E-state index in [-0.39, 0.29) is 11.4 Å². The van der Waals surface area contributed by atoms with Crippen molar-refractivity contribution < 1.29 is 9.59 Å². The molecule has 1 aromatic carbocycles. The highest BCUT2D eigenvalue weighted by Gasteiger charge is 2.32. The number of hydrogen-bond donors (Lipinski definition) is 0. The summed E-state index contributed by atoms with van der Waals surface area (Å²) < 4.78 is 1.49. The maximum Gasteiger partial charge on any atom is 0.223 e. The molecule has 6 nitrogen and oxygen atoms in total. The Balaban J connectivity index is 2.04. The number of rotatable bonds is 4. The zero-order valence-electron chi connectivity index (χ0n) is 14.1. The molecule has 0 radical (unpaired) electrons. The van der Waals surface area contributed by atoms with Crippen molar-refractivity contribution in [2.75, 3.05) is 0 Å². The number of fused-ring (bicyclic) bond motifs is 1. The van der Waals surface area contributed by atoms with Crippen molar-refractivity contribution in [1.29, 1.82) is 5.26 Å². The monoisotopic (exact) mass is 332 g/mol. The lowest BCUT2D eigenvalue weighted by molar-refractivity contribution is 0.0837. The number of carbonyl (C=O) groups excluding carboxylic acids is 2. The van der Waals surface area contributed by atoms with E-state index in [0.717, 1.165) is 16.5 Å². The summed E-state index contributed by atoms with van der Waals surface area (Å²) in [4.78, 5) is 33.8. The third-order valence-electron chi connectivity index (χ3n) is 4.12. The number of aromatic nitrogens is 3. The molecule has 3 aromatic rings. The van der Waals surface area contributed by atoms with Crippen molar-refractivity contribution in [3.05, 3.63) is 59.3 Å². The summed E-state index contributed by atoms with van der Waals surface area (Å²) in [5.41, 5.74) is 2.62. The summed E-state index contributed by atoms with van der Waals surface area (Å²) in [5, 5.41) is 10.2. The number of nitriles is 1. The van der Waals surface area contributed by atoms with Gasteiger partial charge in [-0.1, -0.05) is 12.1 Å². The van der Waals surface area contributed by atoms with Gasteiger partial charge in [-0.2, -0.15) is 5.26 Å². The highest BCUT2D eigenvalue weighted by Crippen LogP contribution is 2.21. The lowest BCUT2D eigenvalue weighted by Gasteiger charge is -2.11. The molecule has 2 aromatic heterocycles. The first-order chi connectivity index (χ1) is 11.9. The number of aryl methyl sites for hydroxylation is 3. The van der Waals surface area contributed by atoms with E-state index in [1.807, 2.05) is 31.2 Å². The van der Waals surface area contributed by atoms with Crippen LogP contribution in [0, 0.1) is 31.1 Å². The molecule has 6 heteroatoms. The molecular formula is C19H16N4O2. The number of imidazole rings is 1. The number of benzene rings is 1. The molecule has 0 aliphatic heterocycles. The van der Waals surface area contributed by atoms with Crippen LogP contribution in [0.15, 0.2) is 36.7 Å². The first kappa shape index (κ1) is 16.5. The van der Waals surface area contributed by atoms with Crippen molar-refractivity contribution >= 4 is 22.5 Å². The van der Waals surface area contributed by atoms with Gasteiger partial charge in [0, 0.05) is 36.1 Å². The van der Waals surface area contributed by atoms with Crippen LogP contribution in [0.4, 0.5) is 0 Å². The van der Waals surface area contributed by atoms with E-state index < -0.39 is 17.5 Å². The van der Waals surface area contributed by atoms with Gasteiger partial charge in [0.25, 0.3) is 0 Å². The smallest absolute Gasteiger partial charge is 0.223 e. The van der Waals surface area contributed by atoms with Gasteiger partial charge >= 0.3 is 0 Å². The van der Waals surface area contributed by atoms with Crippen molar-refractivity contribution in [3.63, 3.8) is 0 Å². The van der Waals surface area contributed by atoms with Crippen LogP contribution in [0.25, 0.3) is 10.9 Å². The number of nitrogens with zero attached hydrogens (tertiary/aromatic N) is 4. The van der Waals surface area contributed by atoms with Gasteiger partial charge in [-0.15, -0.1) is 0 Å². The molecule has 0 fully saturated rings. The van der Waals surface area contributed by atoms with Crippen LogP contribution < -0.4 is 0 Å². The Morgan fingerprint density at radius 3 is 2.60 bits per heavy atom. The Hall–Kier alpha value is -3.33. The molecule has 124 valence electrons. The van der Waals surface area contributed by atoms with Gasteiger partial charge in [0.2, 0.25) is 5.78 Å². The minimum Gasteiger partial charge on any atom is -0.332 e. The molecular weight excluding hydrogens is 316 g/mol. The molecule has 0 aliphatic rings. The Morgan fingerprint density at radius 1 is 1.20 bits per heavy atom. The summed E-state index contributed by atoms with van der Waals surface area (Å²) >= 11 is 0. The second-order valence-electron chi connectivity index (χ2n) is 5.97. The van der Waals surface area contributed by atoms with E-state index in [1.54, 1.807) is 26.2 Å². The number of pyridine rings is 1. The van der Waals surface area contributed by atoms with Gasteiger partial charge in [-0.05, 0) is 31.5 Å². The van der Waals surface area contributed by atoms with E-state index in [0.29, 0.717) is 5.69 Å². The number of Topliss-reactive ketones (excluding diaryl/α,β-unsaturated/α-hetero) is 2. The van der Waals surface area contributed by atoms with E-state index in [9.17, 15) is 14.9 Å². The molecule has 0 aliphatic carbocycles. The third-order valence-corrected chi connectivity index (χ3v) is 4.12. The summed E-state index contributed by atoms with van der Waals surface area (Å²) in [6, 6.07) is 9.23. The molecule has 0 N–H and O–H groups in total. The molecule has 0 bridgehead atoms. The summed E-state index contributed by atoms with van der Waals surface area (Å²) in [5.74, 6) is -2.52. The van der Waals surface area contributed by atoms with E-state index >= 15 is 0 Å². The predicted octanol–water partition coefficient (Wildman–Crippen LogP) is 2.79. The standard InChI is InChI=1S/C19H16N4O2/c1-11-4-5-13-9-14(12(2)22-16(13)8-11)17(24)15(10-20)18(25)19-21-6-7-23(19)3/h4-9,15H,1-3H3/t15-/m0/s1. The van der Waals surface area contributed by atoms with E-state index in [2.05, 4.69) is 9.97 Å². The van der Waals surface area contributed by atoms with Crippen LogP contribution in [0.1, 0.15) is 32.2 Å². The second-order valence-corrected chi connectivity index (χ2v) is 5.97. The molecule has 0 spiro atoms. The van der Waals surface area contributed by atoms with E-state index in [1.165, 1.54) is 10.8 Å². The largest absolute Gasteiger partial charge is 0.332 e. The van der Waals surface area contributed by atoms with Crippen molar-refractivity contribution in [2.24, 2.45) is 13.0 Å². The summed E-state index contributed by atoms with van der Waals surface area (Å²) in [7, 11) is 1.64. The first-order valence-corrected chi connectivity index (χ1v) is 7.75. The average molecular weight is 332 g/mol. The predicted molar refractivity (Wildman–Crippen MR) is 92.2 cm³/mol. The van der Waals surface area contributed by atoms with Gasteiger partial charge in [-0.25, -0.2) is 4.98 Å². The molecule has 25 heavy (non-hydrogen) atoms. The van der Waals surface area contributed by atoms with Crippen LogP contribution in [0.2, 0.25) is 0 Å². The summed E-state index contributed by atoms with van der Waals surface area (Å²) in [6.45, 7) is 3.67. The molecule has 0 unspecified atom stereocenters. The first-order valence-electron chi connectivity index (χ1n) is 7.75. The van der Waals surface area contributed by atoms with Crippen molar-refractivity contribution in [1.82, 2.24) is 14.5 Å². The van der Waals surface area contributed by atoms with Gasteiger partial charge in [0.05, 0.1) is 11.6 Å². The fourth-order valence-electron chi connectivity index (χ4n) is 2.75. The van der Waals surface area contributed by atoms with E-state index in [4.69, 9.17) is 0 Å². The van der Waals surface area contributed by atoms with Crippen molar-refractivity contribution in [2.45, 2.75) is 13.8 Å². The fraction of sp³-hybridized carbons (Fsp3) is 0.211. The van der Waals surface area contributed by atoms with Crippen LogP contribution >= 0.6 is 0 Å². The number of ketones is 2. The lowest BCUT2D eigenvalue weighted by atomic mass is 9.92. The minimum absolute atomic E-state index is 0.0851. The molecule has 0 saturated carbocycles. The maximum absolute atomic E-state index is 12.8. The zero-order chi connectivity index (χ0) is 18.1. The van der Waals surface area contributed by atoms with Gasteiger partial charge in [0.15, 0.2) is 17.5 Å². The Labute approximate surface area is 144 Å². The fourth-order valence-corrected chi connectivity index (χ4v) is 2.75. The van der Waals surface area contributed by atoms with Gasteiger partial charge in [0.1, 0.15) is 0 Å². The van der Waals surface area contributed by atoms with Crippen LogP contribution in [-0.2, 0) is 7.05 Å². The summed E-state index contributed by atoms with van der Waals surface area (Å²) in [6.07, 6.45) is 3.05. The van der Waals surface area contributed by atoms with Gasteiger partial charge in [-0.3, -0.25) is 14.6 Å². The molecule has 1 atom stereocenters. The second kappa shape index (κ2) is 6.29. The topological polar surface area (TPSA) is 88.6 Å². The molecule has 0 saturated heterocycles. The lowest BCUT2D eigenvalue weighted by Crippen LogP contribution is -2.26. The maximum atomic E-state index is 12.8. The van der Waals surface area contributed by atoms with Crippen LogP contribution in [0.5, 0.6) is 0 Å². The number of hydrogen-bond acceptors (Lipinski definition) is 5. The Bertz CT molecular complexity index is 1040. The van der Waals surface area contributed by atoms with Crippen molar-refractivity contribution in [3.8, 4) is 6.07 Å². The molecule has 2 heterocycles. The Kier molecular flexibility index (Phi) is 4.15. The Morgan fingerprint density at radius 2 is 1.96 bits per heavy atom. The molecule has 0 amide bonds. The average Bonchev–Trinajstić information content (AvgIpc) is 3.00. The quantitative estimate of drug-likeness (QED) is 0.541. The van der Waals surface area contributed by atoms with Gasteiger partial charge < -0.3 is 4.57 Å². The number of carbonyl (C=O) groups is 2. The highest BCUT2D eigenvalue weighted by molar-refractivity contribution is 6.17. The molecule has 3 rings (SSSR count). The minimum atomic E-state index is -1.44.